The van der Waals surface area contributed by atoms with Gasteiger partial charge in [-0.05, 0) is 62.9 Å². The van der Waals surface area contributed by atoms with Crippen LogP contribution in [0, 0.1) is 16.6 Å². The number of ether oxygens (including phenoxy) is 2. The lowest BCUT2D eigenvalue weighted by Gasteiger charge is -2.48. The van der Waals surface area contributed by atoms with E-state index in [0.29, 0.717) is 38.9 Å². The summed E-state index contributed by atoms with van der Waals surface area (Å²) in [7, 11) is 1.39. The number of para-hydroxylation sites is 1. The number of piperidine rings is 1. The Hall–Kier alpha value is -3.14. The molecule has 1 heterocycles. The number of likely N-dealkylation sites (tertiary alicyclic amines) is 1. The first kappa shape index (κ1) is 29.4. The zero-order valence-electron chi connectivity index (χ0n) is 23.2. The maximum atomic E-state index is 14.4. The lowest BCUT2D eigenvalue weighted by atomic mass is 9.68. The van der Waals surface area contributed by atoms with Crippen LogP contribution in [0.4, 0.5) is 17.6 Å². The van der Waals surface area contributed by atoms with Gasteiger partial charge < -0.3 is 19.3 Å². The first-order valence-corrected chi connectivity index (χ1v) is 14.2. The number of alkyl halides is 3. The van der Waals surface area contributed by atoms with Crippen LogP contribution in [0.2, 0.25) is 0 Å². The first-order chi connectivity index (χ1) is 19.6. The fourth-order valence-corrected chi connectivity index (χ4v) is 6.45. The minimum absolute atomic E-state index is 0.0238. The van der Waals surface area contributed by atoms with Crippen LogP contribution >= 0.6 is 0 Å². The first-order valence-electron chi connectivity index (χ1n) is 14.2. The Bertz CT molecular complexity index is 1230. The van der Waals surface area contributed by atoms with E-state index in [9.17, 15) is 27.2 Å². The summed E-state index contributed by atoms with van der Waals surface area (Å²) in [6.07, 6.45) is -1.27. The lowest BCUT2D eigenvalue weighted by molar-refractivity contribution is -0.188. The van der Waals surface area contributed by atoms with Gasteiger partial charge >= 0.3 is 18.1 Å². The minimum Gasteiger partial charge on any atom is -0.490 e. The molecular weight excluding hydrogens is 540 g/mol. The molecule has 10 heteroatoms. The van der Waals surface area contributed by atoms with Crippen molar-refractivity contribution in [3.63, 3.8) is 0 Å². The maximum Gasteiger partial charge on any atom is 0.471 e. The van der Waals surface area contributed by atoms with Crippen molar-refractivity contribution >= 4 is 11.9 Å². The third-order valence-electron chi connectivity index (χ3n) is 9.14. The van der Waals surface area contributed by atoms with E-state index >= 15 is 0 Å². The van der Waals surface area contributed by atoms with Crippen LogP contribution in [0.3, 0.4) is 0 Å². The molecule has 2 aromatic rings. The molecule has 6 nitrogen and oxygen atoms in total. The van der Waals surface area contributed by atoms with E-state index in [1.165, 1.54) is 25.3 Å². The third-order valence-corrected chi connectivity index (χ3v) is 9.14. The number of esters is 1. The molecule has 1 saturated heterocycles. The highest BCUT2D eigenvalue weighted by Gasteiger charge is 2.54. The quantitative estimate of drug-likeness (QED) is 0.273. The van der Waals surface area contributed by atoms with Gasteiger partial charge in [-0.3, -0.25) is 9.59 Å². The molecule has 41 heavy (non-hydrogen) atoms. The molecule has 1 amide bonds. The average molecular weight is 577 g/mol. The maximum absolute atomic E-state index is 14.4. The Labute approximate surface area is 237 Å². The Morgan fingerprint density at radius 1 is 1.00 bits per heavy atom. The Morgan fingerprint density at radius 3 is 2.24 bits per heavy atom. The molecule has 2 saturated carbocycles. The molecule has 1 aliphatic heterocycles. The van der Waals surface area contributed by atoms with Crippen LogP contribution < -0.4 is 4.74 Å². The SMILES string of the molecule is COC(=O)C1(CN2CCC(COc3ccccc3F)(CN(C(=O)C(F)(F)F)[C@@H]3C[C@H]3c3ccccc3)CC2)CCC1. The van der Waals surface area contributed by atoms with E-state index < -0.39 is 34.8 Å². The molecule has 2 aromatic carbocycles. The van der Waals surface area contributed by atoms with Crippen LogP contribution in [-0.2, 0) is 14.3 Å². The van der Waals surface area contributed by atoms with Gasteiger partial charge in [0.25, 0.3) is 0 Å². The molecule has 0 radical (unpaired) electrons. The number of methoxy groups -OCH3 is 1. The van der Waals surface area contributed by atoms with E-state index in [0.717, 1.165) is 29.7 Å². The normalized spacial score (nSPS) is 23.2. The third kappa shape index (κ3) is 6.37. The summed E-state index contributed by atoms with van der Waals surface area (Å²) in [6.45, 7) is 1.37. The number of halogens is 4. The molecule has 0 bridgehead atoms. The van der Waals surface area contributed by atoms with Gasteiger partial charge in [0.05, 0.1) is 19.1 Å². The average Bonchev–Trinajstić information content (AvgIpc) is 3.74. The molecule has 0 spiro atoms. The van der Waals surface area contributed by atoms with E-state index in [1.807, 2.05) is 30.3 Å². The molecule has 5 rings (SSSR count). The van der Waals surface area contributed by atoms with Crippen molar-refractivity contribution in [1.82, 2.24) is 9.80 Å². The van der Waals surface area contributed by atoms with Crippen LogP contribution in [-0.4, -0.2) is 73.8 Å². The van der Waals surface area contributed by atoms with Crippen molar-refractivity contribution in [2.75, 3.05) is 39.9 Å². The highest BCUT2D eigenvalue weighted by molar-refractivity contribution is 5.83. The number of rotatable bonds is 10. The summed E-state index contributed by atoms with van der Waals surface area (Å²) in [4.78, 5) is 28.4. The predicted octanol–water partition coefficient (Wildman–Crippen LogP) is 5.58. The minimum atomic E-state index is -5.02. The van der Waals surface area contributed by atoms with Crippen LogP contribution in [0.15, 0.2) is 54.6 Å². The summed E-state index contributed by atoms with van der Waals surface area (Å²) in [5, 5.41) is 0. The van der Waals surface area contributed by atoms with Crippen molar-refractivity contribution in [1.29, 1.82) is 0 Å². The number of hydrogen-bond donors (Lipinski definition) is 0. The Balaban J connectivity index is 1.37. The second-order valence-corrected chi connectivity index (χ2v) is 11.9. The monoisotopic (exact) mass is 576 g/mol. The summed E-state index contributed by atoms with van der Waals surface area (Å²) < 4.78 is 67.0. The van der Waals surface area contributed by atoms with Crippen molar-refractivity contribution in [3.05, 3.63) is 66.0 Å². The number of benzene rings is 2. The Kier molecular flexibility index (Phi) is 8.32. The van der Waals surface area contributed by atoms with Gasteiger partial charge in [0.15, 0.2) is 11.6 Å². The van der Waals surface area contributed by atoms with Gasteiger partial charge in [0.1, 0.15) is 0 Å². The van der Waals surface area contributed by atoms with Crippen molar-refractivity contribution < 1.29 is 36.6 Å². The summed E-state index contributed by atoms with van der Waals surface area (Å²) in [5.74, 6) is -2.79. The van der Waals surface area contributed by atoms with Crippen LogP contribution in [0.1, 0.15) is 50.0 Å². The fourth-order valence-electron chi connectivity index (χ4n) is 6.45. The number of carbonyl (C=O) groups excluding carboxylic acids is 2. The standard InChI is InChI=1S/C31H36F4N2O4/c1-40-28(39)30(12-7-13-30)20-36-16-14-29(15-17-36,21-41-26-11-6-5-10-24(26)32)19-37(27(38)31(33,34)35)25-18-23(25)22-8-3-2-4-9-22/h2-6,8-11,23,25H,7,12-21H2,1H3/t23-,25+/m0/s1. The van der Waals surface area contributed by atoms with Gasteiger partial charge in [-0.1, -0.05) is 48.9 Å². The molecule has 2 aliphatic carbocycles. The molecule has 3 aliphatic rings. The number of nitrogens with zero attached hydrogens (tertiary/aromatic N) is 2. The molecule has 0 unspecified atom stereocenters. The predicted molar refractivity (Wildman–Crippen MR) is 144 cm³/mol. The van der Waals surface area contributed by atoms with Crippen molar-refractivity contribution in [3.8, 4) is 5.75 Å². The highest BCUT2D eigenvalue weighted by Crippen LogP contribution is 2.48. The van der Waals surface area contributed by atoms with Gasteiger partial charge in [-0.15, -0.1) is 0 Å². The van der Waals surface area contributed by atoms with E-state index in [2.05, 4.69) is 4.90 Å². The van der Waals surface area contributed by atoms with E-state index in [-0.39, 0.29) is 30.8 Å². The molecule has 3 fully saturated rings. The van der Waals surface area contributed by atoms with E-state index in [1.54, 1.807) is 6.07 Å². The molecule has 222 valence electrons. The topological polar surface area (TPSA) is 59.1 Å². The smallest absolute Gasteiger partial charge is 0.471 e. The molecule has 2 atom stereocenters. The van der Waals surface area contributed by atoms with Crippen LogP contribution in [0.25, 0.3) is 0 Å². The summed E-state index contributed by atoms with van der Waals surface area (Å²) in [5.41, 5.74) is -0.479. The molecule has 0 N–H and O–H groups in total. The van der Waals surface area contributed by atoms with Gasteiger partial charge in [0, 0.05) is 30.5 Å². The second-order valence-electron chi connectivity index (χ2n) is 11.9. The number of hydrogen-bond acceptors (Lipinski definition) is 5. The van der Waals surface area contributed by atoms with Gasteiger partial charge in [0.2, 0.25) is 0 Å². The number of amides is 1. The fraction of sp³-hybridized carbons (Fsp3) is 0.548. The largest absolute Gasteiger partial charge is 0.490 e. The summed E-state index contributed by atoms with van der Waals surface area (Å²) >= 11 is 0. The molecule has 0 aromatic heterocycles. The lowest BCUT2D eigenvalue weighted by Crippen LogP contribution is -2.56. The highest BCUT2D eigenvalue weighted by atomic mass is 19.4. The second kappa shape index (κ2) is 11.6. The van der Waals surface area contributed by atoms with Gasteiger partial charge in [-0.25, -0.2) is 4.39 Å². The van der Waals surface area contributed by atoms with Crippen molar-refractivity contribution in [2.45, 2.75) is 56.7 Å². The molecular formula is C31H36F4N2O4. The summed E-state index contributed by atoms with van der Waals surface area (Å²) in [6, 6.07) is 14.6. The Morgan fingerprint density at radius 2 is 1.66 bits per heavy atom. The van der Waals surface area contributed by atoms with E-state index in [4.69, 9.17) is 9.47 Å². The van der Waals surface area contributed by atoms with Crippen molar-refractivity contribution in [2.24, 2.45) is 10.8 Å². The van der Waals surface area contributed by atoms with Crippen LogP contribution in [0.5, 0.6) is 5.75 Å². The van der Waals surface area contributed by atoms with Gasteiger partial charge in [-0.2, -0.15) is 13.2 Å². The number of carbonyl (C=O) groups is 2. The zero-order chi connectivity index (χ0) is 29.3. The zero-order valence-corrected chi connectivity index (χ0v) is 23.2.